The predicted octanol–water partition coefficient (Wildman–Crippen LogP) is 1.98. The van der Waals surface area contributed by atoms with Crippen molar-refractivity contribution < 1.29 is 5.11 Å². The number of hydrogen-bond donors (Lipinski definition) is 1. The standard InChI is InChI=1S/C13H16N2O2S/c1-7(2)12-11(9-5-8(9)6-16)15-10(17)3-4-14-13(15)18-12/h3-4,7-9,16H,5-6H2,1-2H3. The molecule has 0 amide bonds. The monoisotopic (exact) mass is 264 g/mol. The molecule has 1 saturated carbocycles. The molecule has 2 aromatic rings. The molecule has 4 nitrogen and oxygen atoms in total. The molecule has 0 aromatic carbocycles. The third-order valence-electron chi connectivity index (χ3n) is 3.54. The summed E-state index contributed by atoms with van der Waals surface area (Å²) in [6, 6.07) is 1.50. The van der Waals surface area contributed by atoms with Crippen molar-refractivity contribution in [1.29, 1.82) is 0 Å². The first kappa shape index (κ1) is 11.9. The van der Waals surface area contributed by atoms with Crippen molar-refractivity contribution >= 4 is 16.3 Å². The molecular formula is C13H16N2O2S. The molecule has 3 rings (SSSR count). The Labute approximate surface area is 109 Å². The van der Waals surface area contributed by atoms with Crippen LogP contribution in [0.2, 0.25) is 0 Å². The summed E-state index contributed by atoms with van der Waals surface area (Å²) in [7, 11) is 0. The van der Waals surface area contributed by atoms with Gasteiger partial charge in [-0.25, -0.2) is 4.98 Å². The van der Waals surface area contributed by atoms with Crippen LogP contribution >= 0.6 is 11.3 Å². The minimum Gasteiger partial charge on any atom is -0.396 e. The molecule has 96 valence electrons. The van der Waals surface area contributed by atoms with Gasteiger partial charge in [0, 0.05) is 35.4 Å². The zero-order chi connectivity index (χ0) is 12.9. The summed E-state index contributed by atoms with van der Waals surface area (Å²) in [4.78, 5) is 18.3. The topological polar surface area (TPSA) is 54.6 Å². The van der Waals surface area contributed by atoms with Crippen LogP contribution in [0, 0.1) is 5.92 Å². The van der Waals surface area contributed by atoms with E-state index in [0.717, 1.165) is 17.1 Å². The largest absolute Gasteiger partial charge is 0.396 e. The van der Waals surface area contributed by atoms with E-state index in [1.54, 1.807) is 21.9 Å². The molecule has 0 aliphatic heterocycles. The molecule has 18 heavy (non-hydrogen) atoms. The summed E-state index contributed by atoms with van der Waals surface area (Å²) < 4.78 is 1.74. The van der Waals surface area contributed by atoms with Gasteiger partial charge in [0.25, 0.3) is 5.56 Å². The fraction of sp³-hybridized carbons (Fsp3) is 0.538. The molecular weight excluding hydrogens is 248 g/mol. The fourth-order valence-corrected chi connectivity index (χ4v) is 3.67. The molecule has 1 aliphatic carbocycles. The Morgan fingerprint density at radius 1 is 1.61 bits per heavy atom. The van der Waals surface area contributed by atoms with Crippen molar-refractivity contribution in [3.8, 4) is 0 Å². The molecule has 1 fully saturated rings. The minimum absolute atomic E-state index is 0.0123. The highest BCUT2D eigenvalue weighted by molar-refractivity contribution is 7.17. The molecule has 0 spiro atoms. The van der Waals surface area contributed by atoms with Gasteiger partial charge in [0.1, 0.15) is 0 Å². The van der Waals surface area contributed by atoms with E-state index in [1.165, 1.54) is 10.9 Å². The van der Waals surface area contributed by atoms with Crippen LogP contribution in [0.15, 0.2) is 17.1 Å². The normalized spacial score (nSPS) is 22.9. The van der Waals surface area contributed by atoms with E-state index in [9.17, 15) is 9.90 Å². The van der Waals surface area contributed by atoms with Crippen LogP contribution < -0.4 is 5.56 Å². The summed E-state index contributed by atoms with van der Waals surface area (Å²) in [5.74, 6) is 1.02. The SMILES string of the molecule is CC(C)c1sc2nccc(=O)n2c1C1CC1CO. The molecule has 2 aromatic heterocycles. The number of nitrogens with zero attached hydrogens (tertiary/aromatic N) is 2. The van der Waals surface area contributed by atoms with Crippen molar-refractivity contribution in [2.45, 2.75) is 32.1 Å². The highest BCUT2D eigenvalue weighted by Gasteiger charge is 2.42. The summed E-state index contributed by atoms with van der Waals surface area (Å²) in [5.41, 5.74) is 1.07. The third-order valence-corrected chi connectivity index (χ3v) is 4.91. The van der Waals surface area contributed by atoms with E-state index in [2.05, 4.69) is 18.8 Å². The summed E-state index contributed by atoms with van der Waals surface area (Å²) >= 11 is 1.60. The first-order chi connectivity index (χ1) is 8.63. The lowest BCUT2D eigenvalue weighted by Crippen LogP contribution is -2.14. The number of aromatic nitrogens is 2. The highest BCUT2D eigenvalue weighted by Crippen LogP contribution is 2.50. The maximum atomic E-state index is 12.0. The Hall–Kier alpha value is -1.20. The molecule has 1 aliphatic rings. The maximum Gasteiger partial charge on any atom is 0.258 e. The smallest absolute Gasteiger partial charge is 0.258 e. The van der Waals surface area contributed by atoms with Gasteiger partial charge in [0.15, 0.2) is 4.96 Å². The average molecular weight is 264 g/mol. The van der Waals surface area contributed by atoms with Gasteiger partial charge in [0.2, 0.25) is 0 Å². The van der Waals surface area contributed by atoms with Crippen LogP contribution in [-0.4, -0.2) is 21.1 Å². The van der Waals surface area contributed by atoms with Crippen molar-refractivity contribution in [1.82, 2.24) is 9.38 Å². The Morgan fingerprint density at radius 2 is 2.39 bits per heavy atom. The van der Waals surface area contributed by atoms with Gasteiger partial charge in [-0.3, -0.25) is 9.20 Å². The second kappa shape index (κ2) is 4.17. The number of rotatable bonds is 3. The Balaban J connectivity index is 2.25. The highest BCUT2D eigenvalue weighted by atomic mass is 32.1. The van der Waals surface area contributed by atoms with Crippen LogP contribution in [0.4, 0.5) is 0 Å². The number of hydrogen-bond acceptors (Lipinski definition) is 4. The van der Waals surface area contributed by atoms with Gasteiger partial charge in [-0.2, -0.15) is 0 Å². The first-order valence-corrected chi connectivity index (χ1v) is 7.06. The maximum absolute atomic E-state index is 12.0. The van der Waals surface area contributed by atoms with Gasteiger partial charge in [0.05, 0.1) is 0 Å². The molecule has 2 unspecified atom stereocenters. The van der Waals surface area contributed by atoms with Gasteiger partial charge >= 0.3 is 0 Å². The Morgan fingerprint density at radius 3 is 3.00 bits per heavy atom. The quantitative estimate of drug-likeness (QED) is 0.922. The second-order valence-electron chi connectivity index (χ2n) is 5.19. The number of aliphatic hydroxyl groups excluding tert-OH is 1. The first-order valence-electron chi connectivity index (χ1n) is 6.24. The van der Waals surface area contributed by atoms with Crippen LogP contribution in [0.25, 0.3) is 4.96 Å². The lowest BCUT2D eigenvalue weighted by atomic mass is 10.1. The summed E-state index contributed by atoms with van der Waals surface area (Å²) in [6.07, 6.45) is 2.54. The average Bonchev–Trinajstić information content (AvgIpc) is 3.01. The molecule has 0 bridgehead atoms. The number of fused-ring (bicyclic) bond motifs is 1. The summed E-state index contributed by atoms with van der Waals surface area (Å²) in [6.45, 7) is 4.47. The molecule has 5 heteroatoms. The van der Waals surface area contributed by atoms with Gasteiger partial charge in [-0.1, -0.05) is 13.8 Å². The van der Waals surface area contributed by atoms with Crippen molar-refractivity contribution in [2.75, 3.05) is 6.61 Å². The van der Waals surface area contributed by atoms with Gasteiger partial charge in [-0.05, 0) is 18.3 Å². The van der Waals surface area contributed by atoms with Gasteiger partial charge in [-0.15, -0.1) is 11.3 Å². The van der Waals surface area contributed by atoms with Crippen molar-refractivity contribution in [3.63, 3.8) is 0 Å². The summed E-state index contributed by atoms with van der Waals surface area (Å²) in [5, 5.41) is 9.25. The molecule has 0 saturated heterocycles. The van der Waals surface area contributed by atoms with Crippen LogP contribution in [0.1, 0.15) is 42.7 Å². The predicted molar refractivity (Wildman–Crippen MR) is 71.4 cm³/mol. The molecule has 2 heterocycles. The van der Waals surface area contributed by atoms with E-state index in [-0.39, 0.29) is 12.2 Å². The minimum atomic E-state index is -0.0123. The van der Waals surface area contributed by atoms with Crippen molar-refractivity contribution in [2.24, 2.45) is 5.92 Å². The van der Waals surface area contributed by atoms with Crippen LogP contribution in [0.5, 0.6) is 0 Å². The number of thiazole rings is 1. The fourth-order valence-electron chi connectivity index (χ4n) is 2.49. The van der Waals surface area contributed by atoms with E-state index in [1.807, 2.05) is 0 Å². The zero-order valence-corrected chi connectivity index (χ0v) is 11.3. The number of aliphatic hydroxyl groups is 1. The van der Waals surface area contributed by atoms with E-state index >= 15 is 0 Å². The lowest BCUT2D eigenvalue weighted by Gasteiger charge is -2.06. The Kier molecular flexibility index (Phi) is 2.75. The Bertz CT molecular complexity index is 644. The second-order valence-corrected chi connectivity index (χ2v) is 6.20. The molecule has 1 N–H and O–H groups in total. The zero-order valence-electron chi connectivity index (χ0n) is 10.5. The molecule has 0 radical (unpaired) electrons. The van der Waals surface area contributed by atoms with E-state index in [4.69, 9.17) is 0 Å². The van der Waals surface area contributed by atoms with E-state index < -0.39 is 0 Å². The third kappa shape index (κ3) is 1.69. The van der Waals surface area contributed by atoms with Crippen LogP contribution in [-0.2, 0) is 0 Å². The van der Waals surface area contributed by atoms with Gasteiger partial charge < -0.3 is 5.11 Å². The van der Waals surface area contributed by atoms with Crippen LogP contribution in [0.3, 0.4) is 0 Å². The molecule has 2 atom stereocenters. The van der Waals surface area contributed by atoms with E-state index in [0.29, 0.717) is 17.8 Å². The lowest BCUT2D eigenvalue weighted by molar-refractivity contribution is 0.273. The van der Waals surface area contributed by atoms with Crippen molar-refractivity contribution in [3.05, 3.63) is 33.2 Å².